The van der Waals surface area contributed by atoms with E-state index in [1.165, 1.54) is 22.0 Å². The van der Waals surface area contributed by atoms with Crippen molar-refractivity contribution in [2.45, 2.75) is 31.7 Å². The number of hydrogen-bond donors (Lipinski definition) is 1. The quantitative estimate of drug-likeness (QED) is 0.676. The van der Waals surface area contributed by atoms with Crippen LogP contribution in [-0.4, -0.2) is 48.2 Å². The van der Waals surface area contributed by atoms with Crippen LogP contribution in [-0.2, 0) is 22.5 Å². The topological polar surface area (TPSA) is 46.5 Å². The van der Waals surface area contributed by atoms with E-state index in [4.69, 9.17) is 4.74 Å². The zero-order valence-corrected chi connectivity index (χ0v) is 17.3. The van der Waals surface area contributed by atoms with Crippen LogP contribution in [0.15, 0.2) is 54.7 Å². The zero-order valence-electron chi connectivity index (χ0n) is 17.3. The molecular formula is C25H29N3O2. The van der Waals surface area contributed by atoms with Crippen LogP contribution in [0.5, 0.6) is 0 Å². The molecule has 1 saturated heterocycles. The van der Waals surface area contributed by atoms with Crippen LogP contribution in [0.1, 0.15) is 29.9 Å². The van der Waals surface area contributed by atoms with Crippen molar-refractivity contribution in [3.05, 3.63) is 65.9 Å². The van der Waals surface area contributed by atoms with Crippen LogP contribution in [0.3, 0.4) is 0 Å². The number of fused-ring (bicyclic) bond motifs is 2. The maximum atomic E-state index is 12.7. The van der Waals surface area contributed by atoms with Crippen LogP contribution in [0.2, 0.25) is 0 Å². The van der Waals surface area contributed by atoms with Gasteiger partial charge in [0.1, 0.15) is 0 Å². The standard InChI is InChI=1S/C25H29N3O2/c29-25(18-20-6-5-19-3-1-2-4-23(19)20)26-22-7-8-24-21(17-22)9-10-28(24)12-11-27-13-15-30-16-14-27/h1-4,7-10,17,20H,5-6,11-16,18H2,(H,26,29). The molecule has 2 aliphatic rings. The average Bonchev–Trinajstić information content (AvgIpc) is 3.37. The molecule has 5 heteroatoms. The number of carbonyl (C=O) groups excluding carboxylic acids is 1. The summed E-state index contributed by atoms with van der Waals surface area (Å²) >= 11 is 0. The Bertz CT molecular complexity index is 1040. The van der Waals surface area contributed by atoms with Gasteiger partial charge in [-0.2, -0.15) is 0 Å². The van der Waals surface area contributed by atoms with Crippen LogP contribution in [0.4, 0.5) is 5.69 Å². The molecule has 1 amide bonds. The summed E-state index contributed by atoms with van der Waals surface area (Å²) in [6.07, 6.45) is 4.84. The lowest BCUT2D eigenvalue weighted by Crippen LogP contribution is -2.38. The largest absolute Gasteiger partial charge is 0.379 e. The highest BCUT2D eigenvalue weighted by molar-refractivity contribution is 5.94. The summed E-state index contributed by atoms with van der Waals surface area (Å²) in [5, 5.41) is 4.28. The van der Waals surface area contributed by atoms with Crippen molar-refractivity contribution in [1.29, 1.82) is 0 Å². The van der Waals surface area contributed by atoms with Gasteiger partial charge in [0.25, 0.3) is 0 Å². The minimum Gasteiger partial charge on any atom is -0.379 e. The summed E-state index contributed by atoms with van der Waals surface area (Å²) in [6.45, 7) is 5.70. The number of morpholine rings is 1. The fourth-order valence-corrected chi connectivity index (χ4v) is 4.84. The number of amides is 1. The molecule has 5 rings (SSSR count). The average molecular weight is 404 g/mol. The number of hydrogen-bond acceptors (Lipinski definition) is 3. The zero-order chi connectivity index (χ0) is 20.3. The Morgan fingerprint density at radius 1 is 1.07 bits per heavy atom. The third-order valence-electron chi connectivity index (χ3n) is 6.50. The van der Waals surface area contributed by atoms with E-state index in [9.17, 15) is 4.79 Å². The number of nitrogens with one attached hydrogen (secondary N) is 1. The summed E-state index contributed by atoms with van der Waals surface area (Å²) in [5.41, 5.74) is 4.84. The third-order valence-corrected chi connectivity index (χ3v) is 6.50. The minimum absolute atomic E-state index is 0.0998. The Morgan fingerprint density at radius 3 is 2.83 bits per heavy atom. The predicted molar refractivity (Wildman–Crippen MR) is 120 cm³/mol. The number of ether oxygens (including phenoxy) is 1. The highest BCUT2D eigenvalue weighted by atomic mass is 16.5. The number of benzene rings is 2. The van der Waals surface area contributed by atoms with Crippen LogP contribution in [0, 0.1) is 0 Å². The Kier molecular flexibility index (Phi) is 5.56. The van der Waals surface area contributed by atoms with Gasteiger partial charge in [-0.05, 0) is 54.2 Å². The van der Waals surface area contributed by atoms with E-state index in [0.717, 1.165) is 57.9 Å². The van der Waals surface area contributed by atoms with Crippen molar-refractivity contribution in [3.8, 4) is 0 Å². The highest BCUT2D eigenvalue weighted by Crippen LogP contribution is 2.35. The van der Waals surface area contributed by atoms with Crippen molar-refractivity contribution < 1.29 is 9.53 Å². The summed E-state index contributed by atoms with van der Waals surface area (Å²) < 4.78 is 7.73. The number of nitrogens with zero attached hydrogens (tertiary/aromatic N) is 2. The normalized spacial score (nSPS) is 19.1. The predicted octanol–water partition coefficient (Wildman–Crippen LogP) is 4.03. The molecule has 30 heavy (non-hydrogen) atoms. The second-order valence-corrected chi connectivity index (χ2v) is 8.42. The van der Waals surface area contributed by atoms with E-state index in [1.807, 2.05) is 6.07 Å². The van der Waals surface area contributed by atoms with E-state index >= 15 is 0 Å². The molecule has 0 spiro atoms. The summed E-state index contributed by atoms with van der Waals surface area (Å²) in [4.78, 5) is 15.1. The molecule has 2 aromatic carbocycles. The number of anilines is 1. The Hall–Kier alpha value is -2.63. The molecule has 1 fully saturated rings. The van der Waals surface area contributed by atoms with Crippen LogP contribution in [0.25, 0.3) is 10.9 Å². The molecule has 3 aromatic rings. The molecular weight excluding hydrogens is 374 g/mol. The molecule has 0 radical (unpaired) electrons. The van der Waals surface area contributed by atoms with Gasteiger partial charge in [-0.1, -0.05) is 24.3 Å². The van der Waals surface area contributed by atoms with Gasteiger partial charge in [0, 0.05) is 55.4 Å². The van der Waals surface area contributed by atoms with E-state index < -0.39 is 0 Å². The molecule has 1 aliphatic heterocycles. The monoisotopic (exact) mass is 403 g/mol. The van der Waals surface area contributed by atoms with E-state index in [1.54, 1.807) is 0 Å². The van der Waals surface area contributed by atoms with Gasteiger partial charge in [-0.25, -0.2) is 0 Å². The lowest BCUT2D eigenvalue weighted by atomic mass is 9.97. The van der Waals surface area contributed by atoms with Gasteiger partial charge in [0.15, 0.2) is 0 Å². The van der Waals surface area contributed by atoms with Crippen molar-refractivity contribution in [2.75, 3.05) is 38.2 Å². The number of aromatic nitrogens is 1. The first kappa shape index (κ1) is 19.3. The van der Waals surface area contributed by atoms with Crippen LogP contribution < -0.4 is 5.32 Å². The first-order chi connectivity index (χ1) is 14.8. The number of rotatable bonds is 6. The maximum Gasteiger partial charge on any atom is 0.224 e. The second-order valence-electron chi connectivity index (χ2n) is 8.42. The van der Waals surface area contributed by atoms with E-state index in [0.29, 0.717) is 12.3 Å². The lowest BCUT2D eigenvalue weighted by molar-refractivity contribution is -0.116. The maximum absolute atomic E-state index is 12.7. The smallest absolute Gasteiger partial charge is 0.224 e. The van der Waals surface area contributed by atoms with Crippen LogP contribution >= 0.6 is 0 Å². The summed E-state index contributed by atoms with van der Waals surface area (Å²) in [6, 6.07) is 16.9. The van der Waals surface area contributed by atoms with Gasteiger partial charge in [-0.15, -0.1) is 0 Å². The number of carbonyl (C=O) groups is 1. The van der Waals surface area contributed by atoms with Gasteiger partial charge in [0.05, 0.1) is 13.2 Å². The summed E-state index contributed by atoms with van der Waals surface area (Å²) in [7, 11) is 0. The van der Waals surface area contributed by atoms with Crippen molar-refractivity contribution in [1.82, 2.24) is 9.47 Å². The molecule has 1 N–H and O–H groups in total. The van der Waals surface area contributed by atoms with Gasteiger partial charge >= 0.3 is 0 Å². The molecule has 1 aromatic heterocycles. The highest BCUT2D eigenvalue weighted by Gasteiger charge is 2.24. The minimum atomic E-state index is 0.0998. The first-order valence-corrected chi connectivity index (χ1v) is 11.0. The Labute approximate surface area is 177 Å². The fourth-order valence-electron chi connectivity index (χ4n) is 4.84. The summed E-state index contributed by atoms with van der Waals surface area (Å²) in [5.74, 6) is 0.439. The first-order valence-electron chi connectivity index (χ1n) is 11.0. The molecule has 1 aliphatic carbocycles. The molecule has 1 unspecified atom stereocenters. The van der Waals surface area contributed by atoms with Gasteiger partial charge in [-0.3, -0.25) is 9.69 Å². The second kappa shape index (κ2) is 8.62. The molecule has 5 nitrogen and oxygen atoms in total. The van der Waals surface area contributed by atoms with E-state index in [-0.39, 0.29) is 5.91 Å². The SMILES string of the molecule is O=C(CC1CCc2ccccc21)Nc1ccc2c(ccn2CCN2CCOCC2)c1. The Balaban J connectivity index is 1.21. The Morgan fingerprint density at radius 2 is 1.93 bits per heavy atom. The molecule has 1 atom stereocenters. The molecule has 0 saturated carbocycles. The van der Waals surface area contributed by atoms with E-state index in [2.05, 4.69) is 63.4 Å². The number of aryl methyl sites for hydroxylation is 1. The van der Waals surface area contributed by atoms with Gasteiger partial charge < -0.3 is 14.6 Å². The third kappa shape index (κ3) is 4.13. The van der Waals surface area contributed by atoms with Crippen molar-refractivity contribution in [3.63, 3.8) is 0 Å². The van der Waals surface area contributed by atoms with Crippen molar-refractivity contribution >= 4 is 22.5 Å². The van der Waals surface area contributed by atoms with Gasteiger partial charge in [0.2, 0.25) is 5.91 Å². The molecule has 2 heterocycles. The van der Waals surface area contributed by atoms with Crippen molar-refractivity contribution in [2.24, 2.45) is 0 Å². The molecule has 0 bridgehead atoms. The molecule has 156 valence electrons. The lowest BCUT2D eigenvalue weighted by Gasteiger charge is -2.26. The fraction of sp³-hybridized carbons (Fsp3) is 0.400.